The predicted octanol–water partition coefficient (Wildman–Crippen LogP) is 3.27. The standard InChI is InChI=1S/C20H16N4O3/c1-13-6-5-7-14(12-13)24-11-10-16(25)18(22-24)20-21-19(23-27-20)15-8-3-4-9-17(15)26-2/h3-12H,1-2H3. The molecule has 0 saturated heterocycles. The molecule has 2 aromatic carbocycles. The number of aromatic nitrogens is 4. The highest BCUT2D eigenvalue weighted by molar-refractivity contribution is 5.65. The molecule has 0 aliphatic rings. The van der Waals surface area contributed by atoms with Gasteiger partial charge in [-0.05, 0) is 36.8 Å². The van der Waals surface area contributed by atoms with Crippen LogP contribution in [-0.2, 0) is 0 Å². The van der Waals surface area contributed by atoms with Gasteiger partial charge in [-0.1, -0.05) is 29.4 Å². The van der Waals surface area contributed by atoms with Crippen LogP contribution in [0.2, 0.25) is 0 Å². The molecule has 0 bridgehead atoms. The average Bonchev–Trinajstić information content (AvgIpc) is 3.18. The van der Waals surface area contributed by atoms with Crippen molar-refractivity contribution < 1.29 is 9.26 Å². The van der Waals surface area contributed by atoms with Gasteiger partial charge in [0.25, 0.3) is 5.89 Å². The molecule has 0 spiro atoms. The number of hydrogen-bond acceptors (Lipinski definition) is 6. The first-order chi connectivity index (χ1) is 13.2. The molecule has 0 unspecified atom stereocenters. The summed E-state index contributed by atoms with van der Waals surface area (Å²) >= 11 is 0. The number of rotatable bonds is 4. The lowest BCUT2D eigenvalue weighted by Gasteiger charge is -2.06. The Balaban J connectivity index is 1.77. The Hall–Kier alpha value is -3.74. The molecule has 4 rings (SSSR count). The van der Waals surface area contributed by atoms with Gasteiger partial charge in [0.1, 0.15) is 5.75 Å². The molecular weight excluding hydrogens is 344 g/mol. The zero-order valence-corrected chi connectivity index (χ0v) is 14.8. The number of methoxy groups -OCH3 is 1. The summed E-state index contributed by atoms with van der Waals surface area (Å²) in [4.78, 5) is 16.6. The van der Waals surface area contributed by atoms with Gasteiger partial charge in [-0.25, -0.2) is 4.68 Å². The van der Waals surface area contributed by atoms with E-state index >= 15 is 0 Å². The number of nitrogens with zero attached hydrogens (tertiary/aromatic N) is 4. The summed E-state index contributed by atoms with van der Waals surface area (Å²) < 4.78 is 12.2. The van der Waals surface area contributed by atoms with E-state index in [-0.39, 0.29) is 17.0 Å². The van der Waals surface area contributed by atoms with Gasteiger partial charge in [0, 0.05) is 12.3 Å². The van der Waals surface area contributed by atoms with Gasteiger partial charge in [0.2, 0.25) is 11.3 Å². The minimum atomic E-state index is -0.297. The largest absolute Gasteiger partial charge is 0.496 e. The van der Waals surface area contributed by atoms with Crippen LogP contribution in [0, 0.1) is 6.92 Å². The summed E-state index contributed by atoms with van der Waals surface area (Å²) in [5, 5.41) is 8.35. The van der Waals surface area contributed by atoms with E-state index in [0.717, 1.165) is 11.3 Å². The molecule has 0 atom stereocenters. The fraction of sp³-hybridized carbons (Fsp3) is 0.100. The number of benzene rings is 2. The predicted molar refractivity (Wildman–Crippen MR) is 99.9 cm³/mol. The Labute approximate surface area is 154 Å². The normalized spacial score (nSPS) is 10.7. The fourth-order valence-corrected chi connectivity index (χ4v) is 2.73. The number of para-hydroxylation sites is 1. The molecule has 0 amide bonds. The smallest absolute Gasteiger partial charge is 0.282 e. The molecule has 2 heterocycles. The first-order valence-electron chi connectivity index (χ1n) is 8.30. The van der Waals surface area contributed by atoms with Crippen LogP contribution in [0.15, 0.2) is 70.1 Å². The van der Waals surface area contributed by atoms with E-state index in [4.69, 9.17) is 9.26 Å². The third-order valence-corrected chi connectivity index (χ3v) is 4.05. The first-order valence-corrected chi connectivity index (χ1v) is 8.30. The molecular formula is C20H16N4O3. The lowest BCUT2D eigenvalue weighted by Crippen LogP contribution is -2.12. The lowest BCUT2D eigenvalue weighted by atomic mass is 10.2. The van der Waals surface area contributed by atoms with Gasteiger partial charge in [0.05, 0.1) is 18.4 Å². The van der Waals surface area contributed by atoms with Crippen LogP contribution in [0.1, 0.15) is 5.56 Å². The van der Waals surface area contributed by atoms with Gasteiger partial charge in [-0.15, -0.1) is 0 Å². The van der Waals surface area contributed by atoms with Crippen LogP contribution >= 0.6 is 0 Å². The first kappa shape index (κ1) is 16.7. The van der Waals surface area contributed by atoms with E-state index in [1.54, 1.807) is 24.1 Å². The highest BCUT2D eigenvalue weighted by Crippen LogP contribution is 2.28. The third kappa shape index (κ3) is 3.22. The van der Waals surface area contributed by atoms with E-state index in [9.17, 15) is 4.79 Å². The maximum absolute atomic E-state index is 12.3. The van der Waals surface area contributed by atoms with Crippen LogP contribution < -0.4 is 10.2 Å². The quantitative estimate of drug-likeness (QED) is 0.555. The van der Waals surface area contributed by atoms with Gasteiger partial charge in [0.15, 0.2) is 5.69 Å². The van der Waals surface area contributed by atoms with E-state index in [1.807, 2.05) is 49.4 Å². The van der Waals surface area contributed by atoms with Crippen LogP contribution in [0.3, 0.4) is 0 Å². The van der Waals surface area contributed by atoms with Crippen molar-refractivity contribution in [1.82, 2.24) is 19.9 Å². The lowest BCUT2D eigenvalue weighted by molar-refractivity contribution is 0.413. The van der Waals surface area contributed by atoms with Gasteiger partial charge in [-0.3, -0.25) is 4.79 Å². The van der Waals surface area contributed by atoms with Gasteiger partial charge in [-0.2, -0.15) is 10.1 Å². The number of hydrogen-bond donors (Lipinski definition) is 0. The van der Waals surface area contributed by atoms with Crippen LogP contribution in [0.4, 0.5) is 0 Å². The Morgan fingerprint density at radius 1 is 1.07 bits per heavy atom. The van der Waals surface area contributed by atoms with E-state index in [0.29, 0.717) is 17.1 Å². The SMILES string of the molecule is COc1ccccc1-c1noc(-c2nn(-c3cccc(C)c3)ccc2=O)n1. The Morgan fingerprint density at radius 3 is 2.74 bits per heavy atom. The molecule has 27 heavy (non-hydrogen) atoms. The molecule has 134 valence electrons. The highest BCUT2D eigenvalue weighted by Gasteiger charge is 2.18. The van der Waals surface area contributed by atoms with E-state index < -0.39 is 0 Å². The van der Waals surface area contributed by atoms with Crippen LogP contribution in [0.5, 0.6) is 5.75 Å². The van der Waals surface area contributed by atoms with E-state index in [1.165, 1.54) is 6.07 Å². The molecule has 4 aromatic rings. The molecule has 0 saturated carbocycles. The topological polar surface area (TPSA) is 83.0 Å². The summed E-state index contributed by atoms with van der Waals surface area (Å²) in [5.74, 6) is 1.00. The molecule has 2 aromatic heterocycles. The van der Waals surface area contributed by atoms with Crippen molar-refractivity contribution >= 4 is 0 Å². The molecule has 0 fully saturated rings. The summed E-state index contributed by atoms with van der Waals surface area (Å²) in [6.07, 6.45) is 1.61. The van der Waals surface area contributed by atoms with Crippen molar-refractivity contribution in [3.05, 3.63) is 76.6 Å². The summed E-state index contributed by atoms with van der Waals surface area (Å²) in [7, 11) is 1.57. The minimum Gasteiger partial charge on any atom is -0.496 e. The van der Waals surface area contributed by atoms with Crippen molar-refractivity contribution in [1.29, 1.82) is 0 Å². The number of ether oxygens (including phenoxy) is 1. The van der Waals surface area contributed by atoms with Crippen LogP contribution in [0.25, 0.3) is 28.7 Å². The Kier molecular flexibility index (Phi) is 4.25. The van der Waals surface area contributed by atoms with E-state index in [2.05, 4.69) is 15.2 Å². The third-order valence-electron chi connectivity index (χ3n) is 4.05. The van der Waals surface area contributed by atoms with Crippen molar-refractivity contribution in [3.63, 3.8) is 0 Å². The summed E-state index contributed by atoms with van der Waals surface area (Å²) in [6.45, 7) is 1.99. The van der Waals surface area contributed by atoms with Gasteiger partial charge < -0.3 is 9.26 Å². The Bertz CT molecular complexity index is 1160. The van der Waals surface area contributed by atoms with Crippen molar-refractivity contribution in [2.45, 2.75) is 6.92 Å². The van der Waals surface area contributed by atoms with Crippen molar-refractivity contribution in [2.75, 3.05) is 7.11 Å². The highest BCUT2D eigenvalue weighted by atomic mass is 16.5. The Morgan fingerprint density at radius 2 is 1.93 bits per heavy atom. The second kappa shape index (κ2) is 6.87. The van der Waals surface area contributed by atoms with Crippen LogP contribution in [-0.4, -0.2) is 27.0 Å². The van der Waals surface area contributed by atoms with Crippen molar-refractivity contribution in [3.8, 4) is 34.4 Å². The fourth-order valence-electron chi connectivity index (χ4n) is 2.73. The summed E-state index contributed by atoms with van der Waals surface area (Å²) in [6, 6.07) is 16.5. The van der Waals surface area contributed by atoms with Gasteiger partial charge >= 0.3 is 0 Å². The second-order valence-corrected chi connectivity index (χ2v) is 5.94. The molecule has 0 radical (unpaired) electrons. The minimum absolute atomic E-state index is 0.0582. The number of aryl methyl sites for hydroxylation is 1. The maximum atomic E-state index is 12.3. The molecule has 7 nitrogen and oxygen atoms in total. The monoisotopic (exact) mass is 360 g/mol. The molecule has 0 aliphatic heterocycles. The molecule has 0 N–H and O–H groups in total. The average molecular weight is 360 g/mol. The molecule has 7 heteroatoms. The maximum Gasteiger partial charge on any atom is 0.282 e. The zero-order valence-electron chi connectivity index (χ0n) is 14.8. The summed E-state index contributed by atoms with van der Waals surface area (Å²) in [5.41, 5.74) is 2.39. The zero-order chi connectivity index (χ0) is 18.8. The molecule has 0 aliphatic carbocycles. The second-order valence-electron chi connectivity index (χ2n) is 5.94. The van der Waals surface area contributed by atoms with Crippen molar-refractivity contribution in [2.24, 2.45) is 0 Å².